The molecule has 5 nitrogen and oxygen atoms in total. The fourth-order valence-corrected chi connectivity index (χ4v) is 2.93. The first kappa shape index (κ1) is 13.3. The number of amidine groups is 1. The van der Waals surface area contributed by atoms with Gasteiger partial charge in [0.1, 0.15) is 17.8 Å². The molecule has 0 bridgehead atoms. The number of nitrogens with one attached hydrogen (secondary N) is 1. The number of hydrogen-bond acceptors (Lipinski definition) is 4. The van der Waals surface area contributed by atoms with E-state index in [0.717, 1.165) is 27.6 Å². The van der Waals surface area contributed by atoms with E-state index in [-0.39, 0.29) is 11.9 Å². The summed E-state index contributed by atoms with van der Waals surface area (Å²) in [6.45, 7) is 1.87. The van der Waals surface area contributed by atoms with Gasteiger partial charge in [0.25, 0.3) is 0 Å². The molecular formula is C14H15BrN4O. The number of anilines is 1. The molecule has 1 unspecified atom stereocenters. The molecular weight excluding hydrogens is 320 g/mol. The molecule has 1 aromatic heterocycles. The number of morpholine rings is 1. The Morgan fingerprint density at radius 1 is 1.40 bits per heavy atom. The van der Waals surface area contributed by atoms with Crippen LogP contribution in [0.5, 0.6) is 0 Å². The van der Waals surface area contributed by atoms with E-state index >= 15 is 0 Å². The monoisotopic (exact) mass is 334 g/mol. The quantitative estimate of drug-likeness (QED) is 0.651. The van der Waals surface area contributed by atoms with E-state index in [0.29, 0.717) is 13.2 Å². The van der Waals surface area contributed by atoms with Crippen LogP contribution < -0.4 is 10.6 Å². The minimum absolute atomic E-state index is 0.0658. The fraction of sp³-hybridized carbons (Fsp3) is 0.286. The van der Waals surface area contributed by atoms with Crippen molar-refractivity contribution < 1.29 is 4.74 Å². The van der Waals surface area contributed by atoms with Gasteiger partial charge in [-0.1, -0.05) is 28.1 Å². The summed E-state index contributed by atoms with van der Waals surface area (Å²) in [5.41, 5.74) is 5.55. The molecule has 2 aromatic rings. The lowest BCUT2D eigenvalue weighted by Gasteiger charge is -2.33. The number of aromatic nitrogens is 1. The molecule has 104 valence electrons. The van der Waals surface area contributed by atoms with E-state index in [1.807, 2.05) is 18.2 Å². The highest BCUT2D eigenvalue weighted by molar-refractivity contribution is 9.10. The first-order chi connectivity index (χ1) is 9.66. The highest BCUT2D eigenvalue weighted by Crippen LogP contribution is 2.30. The third-order valence-electron chi connectivity index (χ3n) is 3.44. The second-order valence-electron chi connectivity index (χ2n) is 4.73. The Hall–Kier alpha value is -1.66. The minimum atomic E-state index is -0.354. The summed E-state index contributed by atoms with van der Waals surface area (Å²) in [5.74, 6) is 0.981. The van der Waals surface area contributed by atoms with Crippen molar-refractivity contribution in [2.45, 2.75) is 6.10 Å². The third-order valence-corrected chi connectivity index (χ3v) is 4.14. The lowest BCUT2D eigenvalue weighted by atomic mass is 10.1. The predicted octanol–water partition coefficient (Wildman–Crippen LogP) is 2.14. The normalized spacial score (nSPS) is 19.2. The molecule has 0 amide bonds. The topological polar surface area (TPSA) is 75.2 Å². The van der Waals surface area contributed by atoms with Crippen molar-refractivity contribution in [3.63, 3.8) is 0 Å². The summed E-state index contributed by atoms with van der Waals surface area (Å²) in [6.07, 6.45) is 1.45. The molecule has 1 saturated heterocycles. The molecule has 0 aliphatic carbocycles. The van der Waals surface area contributed by atoms with Gasteiger partial charge in [-0.05, 0) is 12.1 Å². The standard InChI is InChI=1S/C14H15BrN4O/c15-11-3-1-2-10-9(11)4-5-18-14(10)19-6-7-20-12(8-19)13(16)17/h1-5,12H,6-8H2,(H3,16,17). The van der Waals surface area contributed by atoms with Crippen molar-refractivity contribution in [1.82, 2.24) is 4.98 Å². The molecule has 0 saturated carbocycles. The molecule has 6 heteroatoms. The zero-order chi connectivity index (χ0) is 14.1. The molecule has 3 rings (SSSR count). The van der Waals surface area contributed by atoms with Gasteiger partial charge in [0, 0.05) is 28.0 Å². The molecule has 20 heavy (non-hydrogen) atoms. The van der Waals surface area contributed by atoms with E-state index in [9.17, 15) is 0 Å². The van der Waals surface area contributed by atoms with E-state index < -0.39 is 0 Å². The van der Waals surface area contributed by atoms with Crippen molar-refractivity contribution in [1.29, 1.82) is 5.41 Å². The second kappa shape index (κ2) is 5.38. The number of ether oxygens (including phenoxy) is 1. The highest BCUT2D eigenvalue weighted by Gasteiger charge is 2.24. The van der Waals surface area contributed by atoms with Gasteiger partial charge in [-0.25, -0.2) is 4.98 Å². The lowest BCUT2D eigenvalue weighted by molar-refractivity contribution is 0.0824. The number of hydrogen-bond donors (Lipinski definition) is 2. The Morgan fingerprint density at radius 3 is 3.05 bits per heavy atom. The van der Waals surface area contributed by atoms with Gasteiger partial charge >= 0.3 is 0 Å². The number of nitrogens with two attached hydrogens (primary N) is 1. The van der Waals surface area contributed by atoms with E-state index in [1.165, 1.54) is 0 Å². The van der Waals surface area contributed by atoms with Crippen LogP contribution in [-0.4, -0.2) is 36.6 Å². The Kier molecular flexibility index (Phi) is 3.58. The second-order valence-corrected chi connectivity index (χ2v) is 5.58. The zero-order valence-electron chi connectivity index (χ0n) is 10.8. The number of pyridine rings is 1. The maximum atomic E-state index is 7.54. The summed E-state index contributed by atoms with van der Waals surface area (Å²) in [5, 5.41) is 9.75. The van der Waals surface area contributed by atoms with Gasteiger partial charge in [-0.2, -0.15) is 0 Å². The number of halogens is 1. The maximum absolute atomic E-state index is 7.54. The largest absolute Gasteiger partial charge is 0.385 e. The van der Waals surface area contributed by atoms with Crippen molar-refractivity contribution in [3.05, 3.63) is 34.9 Å². The molecule has 1 atom stereocenters. The molecule has 1 aliphatic rings. The summed E-state index contributed by atoms with van der Waals surface area (Å²) in [4.78, 5) is 6.63. The number of nitrogens with zero attached hydrogens (tertiary/aromatic N) is 2. The molecule has 0 spiro atoms. The Balaban J connectivity index is 2.02. The summed E-state index contributed by atoms with van der Waals surface area (Å²) < 4.78 is 6.55. The van der Waals surface area contributed by atoms with Crippen LogP contribution in [0.25, 0.3) is 10.8 Å². The van der Waals surface area contributed by atoms with Gasteiger partial charge in [0.05, 0.1) is 13.2 Å². The average Bonchev–Trinajstić information content (AvgIpc) is 2.47. The SMILES string of the molecule is N=C(N)C1CN(c2nccc3c(Br)cccc23)CCO1. The molecule has 1 aromatic carbocycles. The average molecular weight is 335 g/mol. The van der Waals surface area contributed by atoms with E-state index in [4.69, 9.17) is 15.9 Å². The van der Waals surface area contributed by atoms with Crippen molar-refractivity contribution in [3.8, 4) is 0 Å². The molecule has 2 heterocycles. The van der Waals surface area contributed by atoms with Gasteiger partial charge in [-0.3, -0.25) is 5.41 Å². The third kappa shape index (κ3) is 2.36. The minimum Gasteiger partial charge on any atom is -0.385 e. The summed E-state index contributed by atoms with van der Waals surface area (Å²) in [7, 11) is 0. The Labute approximate surface area is 125 Å². The van der Waals surface area contributed by atoms with E-state index in [1.54, 1.807) is 6.20 Å². The van der Waals surface area contributed by atoms with Crippen LogP contribution in [0.2, 0.25) is 0 Å². The van der Waals surface area contributed by atoms with Crippen molar-refractivity contribution in [2.24, 2.45) is 5.73 Å². The summed E-state index contributed by atoms with van der Waals surface area (Å²) in [6, 6.07) is 8.07. The highest BCUT2D eigenvalue weighted by atomic mass is 79.9. The van der Waals surface area contributed by atoms with Crippen LogP contribution in [0.15, 0.2) is 34.9 Å². The van der Waals surface area contributed by atoms with Gasteiger partial charge in [0.2, 0.25) is 0 Å². The summed E-state index contributed by atoms with van der Waals surface area (Å²) >= 11 is 3.57. The van der Waals surface area contributed by atoms with Crippen LogP contribution >= 0.6 is 15.9 Å². The molecule has 1 fully saturated rings. The zero-order valence-corrected chi connectivity index (χ0v) is 12.4. The Morgan fingerprint density at radius 2 is 2.25 bits per heavy atom. The predicted molar refractivity (Wildman–Crippen MR) is 83.3 cm³/mol. The van der Waals surface area contributed by atoms with Gasteiger partial charge < -0.3 is 15.4 Å². The maximum Gasteiger partial charge on any atom is 0.136 e. The van der Waals surface area contributed by atoms with Crippen LogP contribution in [-0.2, 0) is 4.74 Å². The first-order valence-corrected chi connectivity index (χ1v) is 7.20. The van der Waals surface area contributed by atoms with Crippen LogP contribution in [0.3, 0.4) is 0 Å². The number of benzene rings is 1. The van der Waals surface area contributed by atoms with Gasteiger partial charge in [-0.15, -0.1) is 0 Å². The first-order valence-electron chi connectivity index (χ1n) is 6.40. The lowest BCUT2D eigenvalue weighted by Crippen LogP contribution is -2.48. The van der Waals surface area contributed by atoms with Crippen LogP contribution in [0.4, 0.5) is 5.82 Å². The smallest absolute Gasteiger partial charge is 0.136 e. The molecule has 1 aliphatic heterocycles. The number of rotatable bonds is 2. The Bertz CT molecular complexity index is 661. The van der Waals surface area contributed by atoms with Crippen molar-refractivity contribution >= 4 is 38.4 Å². The fourth-order valence-electron chi connectivity index (χ4n) is 2.44. The van der Waals surface area contributed by atoms with Crippen molar-refractivity contribution in [2.75, 3.05) is 24.6 Å². The number of fused-ring (bicyclic) bond motifs is 1. The van der Waals surface area contributed by atoms with E-state index in [2.05, 4.69) is 31.9 Å². The van der Waals surface area contributed by atoms with Gasteiger partial charge in [0.15, 0.2) is 0 Å². The van der Waals surface area contributed by atoms with Crippen LogP contribution in [0.1, 0.15) is 0 Å². The van der Waals surface area contributed by atoms with Crippen LogP contribution in [0, 0.1) is 5.41 Å². The molecule has 3 N–H and O–H groups in total. The molecule has 0 radical (unpaired) electrons.